The van der Waals surface area contributed by atoms with Crippen molar-refractivity contribution in [3.8, 4) is 0 Å². The summed E-state index contributed by atoms with van der Waals surface area (Å²) in [7, 11) is 0. The number of halogens is 1. The van der Waals surface area contributed by atoms with Crippen molar-refractivity contribution >= 4 is 34.5 Å². The van der Waals surface area contributed by atoms with Crippen LogP contribution in [0.1, 0.15) is 19.4 Å². The van der Waals surface area contributed by atoms with E-state index in [1.807, 2.05) is 32.0 Å². The molecule has 1 aromatic carbocycles. The molecule has 0 aromatic heterocycles. The fourth-order valence-corrected chi connectivity index (χ4v) is 2.42. The Balaban J connectivity index is 2.80. The van der Waals surface area contributed by atoms with Crippen molar-refractivity contribution in [1.29, 1.82) is 0 Å². The molecule has 0 aliphatic heterocycles. The van der Waals surface area contributed by atoms with E-state index in [4.69, 9.17) is 39.0 Å². The van der Waals surface area contributed by atoms with Crippen LogP contribution in [0.2, 0.25) is 5.02 Å². The molecule has 0 aliphatic carbocycles. The molecule has 2 N–H and O–H groups in total. The normalized spacial score (nSPS) is 10.6. The lowest BCUT2D eigenvalue weighted by molar-refractivity contribution is 0.141. The summed E-state index contributed by atoms with van der Waals surface area (Å²) in [5.41, 5.74) is 7.34. The molecule has 0 fully saturated rings. The van der Waals surface area contributed by atoms with Crippen LogP contribution in [0.4, 0.5) is 5.69 Å². The zero-order chi connectivity index (χ0) is 15.7. The molecule has 118 valence electrons. The molecular formula is C15H23ClN2O2S. The average Bonchev–Trinajstić information content (AvgIpc) is 2.45. The van der Waals surface area contributed by atoms with E-state index >= 15 is 0 Å². The van der Waals surface area contributed by atoms with E-state index in [0.29, 0.717) is 42.0 Å². The van der Waals surface area contributed by atoms with Crippen LogP contribution >= 0.6 is 23.8 Å². The van der Waals surface area contributed by atoms with E-state index < -0.39 is 0 Å². The summed E-state index contributed by atoms with van der Waals surface area (Å²) in [6, 6.07) is 5.71. The predicted molar refractivity (Wildman–Crippen MR) is 92.5 cm³/mol. The molecule has 0 aliphatic rings. The summed E-state index contributed by atoms with van der Waals surface area (Å²) < 4.78 is 10.9. The minimum atomic E-state index is 0.307. The van der Waals surface area contributed by atoms with Gasteiger partial charge >= 0.3 is 0 Å². The van der Waals surface area contributed by atoms with E-state index in [-0.39, 0.29) is 0 Å². The Morgan fingerprint density at radius 1 is 1.19 bits per heavy atom. The highest BCUT2D eigenvalue weighted by molar-refractivity contribution is 7.80. The van der Waals surface area contributed by atoms with Crippen LogP contribution in [0.3, 0.4) is 0 Å². The van der Waals surface area contributed by atoms with Gasteiger partial charge in [0.25, 0.3) is 0 Å². The number of thiocarbonyl (C=S) groups is 1. The number of rotatable bonds is 10. The Hall–Kier alpha value is -0.880. The molecule has 0 saturated heterocycles. The smallest absolute Gasteiger partial charge is 0.105 e. The summed E-state index contributed by atoms with van der Waals surface area (Å²) in [6.07, 6.45) is 0. The van der Waals surface area contributed by atoms with E-state index in [2.05, 4.69) is 4.90 Å². The van der Waals surface area contributed by atoms with Crippen molar-refractivity contribution in [3.05, 3.63) is 28.8 Å². The lowest BCUT2D eigenvalue weighted by Gasteiger charge is -2.25. The van der Waals surface area contributed by atoms with E-state index in [0.717, 1.165) is 18.8 Å². The monoisotopic (exact) mass is 330 g/mol. The molecular weight excluding hydrogens is 308 g/mol. The van der Waals surface area contributed by atoms with Crippen molar-refractivity contribution in [3.63, 3.8) is 0 Å². The van der Waals surface area contributed by atoms with Crippen molar-refractivity contribution in [1.82, 2.24) is 0 Å². The molecule has 21 heavy (non-hydrogen) atoms. The van der Waals surface area contributed by atoms with E-state index in [9.17, 15) is 0 Å². The molecule has 1 rings (SSSR count). The molecule has 0 atom stereocenters. The largest absolute Gasteiger partial charge is 0.389 e. The van der Waals surface area contributed by atoms with Crippen molar-refractivity contribution in [2.45, 2.75) is 13.8 Å². The standard InChI is InChI=1S/C15H23ClN2O2S/c1-3-19-9-7-18(8-10-20-4-2)12-5-6-13(15(17)21)14(16)11-12/h5-6,11H,3-4,7-10H2,1-2H3,(H2,17,21). The Labute approximate surface area is 137 Å². The van der Waals surface area contributed by atoms with Gasteiger partial charge in [0, 0.05) is 37.6 Å². The molecule has 0 amide bonds. The first-order valence-electron chi connectivity index (χ1n) is 7.09. The summed E-state index contributed by atoms with van der Waals surface area (Å²) >= 11 is 11.2. The van der Waals surface area contributed by atoms with E-state index in [1.165, 1.54) is 0 Å². The van der Waals surface area contributed by atoms with Gasteiger partial charge in [-0.1, -0.05) is 23.8 Å². The maximum Gasteiger partial charge on any atom is 0.105 e. The third-order valence-electron chi connectivity index (χ3n) is 3.00. The molecule has 0 spiro atoms. The maximum atomic E-state index is 6.23. The van der Waals surface area contributed by atoms with Gasteiger partial charge in [-0.05, 0) is 32.0 Å². The molecule has 0 unspecified atom stereocenters. The second-order valence-corrected chi connectivity index (χ2v) is 5.26. The van der Waals surface area contributed by atoms with Gasteiger partial charge in [-0.15, -0.1) is 0 Å². The van der Waals surface area contributed by atoms with Gasteiger partial charge < -0.3 is 20.1 Å². The first kappa shape index (κ1) is 18.2. The highest BCUT2D eigenvalue weighted by Crippen LogP contribution is 2.23. The van der Waals surface area contributed by atoms with E-state index in [1.54, 1.807) is 0 Å². The topological polar surface area (TPSA) is 47.7 Å². The Morgan fingerprint density at radius 3 is 2.19 bits per heavy atom. The number of nitrogens with zero attached hydrogens (tertiary/aromatic N) is 1. The number of hydrogen-bond acceptors (Lipinski definition) is 4. The van der Waals surface area contributed by atoms with Gasteiger partial charge in [0.2, 0.25) is 0 Å². The van der Waals surface area contributed by atoms with Crippen LogP contribution in [0.15, 0.2) is 18.2 Å². The number of anilines is 1. The molecule has 0 saturated carbocycles. The maximum absolute atomic E-state index is 6.23. The number of nitrogens with two attached hydrogens (primary N) is 1. The third-order valence-corrected chi connectivity index (χ3v) is 3.54. The van der Waals surface area contributed by atoms with Crippen LogP contribution in [0, 0.1) is 0 Å². The lowest BCUT2D eigenvalue weighted by Crippen LogP contribution is -2.31. The molecule has 0 bridgehead atoms. The zero-order valence-electron chi connectivity index (χ0n) is 12.6. The molecule has 4 nitrogen and oxygen atoms in total. The summed E-state index contributed by atoms with van der Waals surface area (Å²) in [5.74, 6) is 0. The minimum absolute atomic E-state index is 0.307. The van der Waals surface area contributed by atoms with Crippen molar-refractivity contribution in [2.24, 2.45) is 5.73 Å². The first-order valence-corrected chi connectivity index (χ1v) is 7.88. The van der Waals surface area contributed by atoms with Gasteiger partial charge in [0.05, 0.1) is 18.2 Å². The highest BCUT2D eigenvalue weighted by atomic mass is 35.5. The van der Waals surface area contributed by atoms with Crippen molar-refractivity contribution in [2.75, 3.05) is 44.4 Å². The second-order valence-electron chi connectivity index (χ2n) is 4.41. The van der Waals surface area contributed by atoms with Gasteiger partial charge in [-0.25, -0.2) is 0 Å². The quantitative estimate of drug-likeness (QED) is 0.528. The molecule has 0 radical (unpaired) electrons. The van der Waals surface area contributed by atoms with Crippen LogP contribution in [0.5, 0.6) is 0 Å². The minimum Gasteiger partial charge on any atom is -0.389 e. The molecule has 1 aromatic rings. The number of benzene rings is 1. The molecule has 6 heteroatoms. The number of ether oxygens (including phenoxy) is 2. The van der Waals surface area contributed by atoms with Crippen LogP contribution in [-0.2, 0) is 9.47 Å². The SMILES string of the molecule is CCOCCN(CCOCC)c1ccc(C(N)=S)c(Cl)c1. The van der Waals surface area contributed by atoms with Crippen LogP contribution < -0.4 is 10.6 Å². The van der Waals surface area contributed by atoms with Gasteiger partial charge in [-0.2, -0.15) is 0 Å². The average molecular weight is 331 g/mol. The predicted octanol–water partition coefficient (Wildman–Crippen LogP) is 2.85. The fourth-order valence-electron chi connectivity index (χ4n) is 1.91. The summed E-state index contributed by atoms with van der Waals surface area (Å²) in [4.78, 5) is 2.49. The van der Waals surface area contributed by atoms with Crippen LogP contribution in [-0.4, -0.2) is 44.5 Å². The first-order chi connectivity index (χ1) is 10.1. The Kier molecular flexibility index (Phi) is 8.61. The Bertz CT molecular complexity index is 447. The van der Waals surface area contributed by atoms with Gasteiger partial charge in [-0.3, -0.25) is 0 Å². The zero-order valence-corrected chi connectivity index (χ0v) is 14.2. The van der Waals surface area contributed by atoms with Gasteiger partial charge in [0.15, 0.2) is 0 Å². The van der Waals surface area contributed by atoms with Crippen LogP contribution in [0.25, 0.3) is 0 Å². The fraction of sp³-hybridized carbons (Fsp3) is 0.533. The molecule has 0 heterocycles. The highest BCUT2D eigenvalue weighted by Gasteiger charge is 2.10. The summed E-state index contributed by atoms with van der Waals surface area (Å²) in [5, 5.41) is 0.567. The second kappa shape index (κ2) is 9.95. The third kappa shape index (κ3) is 6.18. The van der Waals surface area contributed by atoms with Crippen molar-refractivity contribution < 1.29 is 9.47 Å². The Morgan fingerprint density at radius 2 is 1.76 bits per heavy atom. The lowest BCUT2D eigenvalue weighted by atomic mass is 10.2. The number of hydrogen-bond donors (Lipinski definition) is 1. The summed E-state index contributed by atoms with van der Waals surface area (Å²) in [6.45, 7) is 8.28. The van der Waals surface area contributed by atoms with Gasteiger partial charge in [0.1, 0.15) is 4.99 Å².